The van der Waals surface area contributed by atoms with Gasteiger partial charge in [0.15, 0.2) is 0 Å². The maximum Gasteiger partial charge on any atom is 0.141 e. The van der Waals surface area contributed by atoms with Gasteiger partial charge in [0.05, 0.1) is 6.20 Å². The lowest BCUT2D eigenvalue weighted by Gasteiger charge is -2.15. The number of hydrogen-bond donors (Lipinski definition) is 0. The largest absolute Gasteiger partial charge is 0.258 e. The first-order valence-electron chi connectivity index (χ1n) is 6.57. The summed E-state index contributed by atoms with van der Waals surface area (Å²) < 4.78 is 12.9. The monoisotopic (exact) mass is 258 g/mol. The number of pyridine rings is 2. The molecule has 2 aromatic rings. The van der Waals surface area contributed by atoms with E-state index in [1.54, 1.807) is 6.07 Å². The van der Waals surface area contributed by atoms with E-state index in [0.717, 1.165) is 17.1 Å². The van der Waals surface area contributed by atoms with E-state index in [2.05, 4.69) is 42.9 Å². The highest BCUT2D eigenvalue weighted by Gasteiger charge is 2.13. The van der Waals surface area contributed by atoms with Crippen LogP contribution in [0.25, 0.3) is 0 Å². The third-order valence-corrected chi connectivity index (χ3v) is 3.28. The Morgan fingerprint density at radius 1 is 1.05 bits per heavy atom. The molecule has 0 N–H and O–H groups in total. The number of hydrogen-bond acceptors (Lipinski definition) is 2. The molecular weight excluding hydrogens is 239 g/mol. The third kappa shape index (κ3) is 3.16. The summed E-state index contributed by atoms with van der Waals surface area (Å²) >= 11 is 0. The summed E-state index contributed by atoms with van der Waals surface area (Å²) in [7, 11) is 0. The Morgan fingerprint density at radius 2 is 1.79 bits per heavy atom. The highest BCUT2D eigenvalue weighted by atomic mass is 19.1. The van der Waals surface area contributed by atoms with Crippen LogP contribution in [0.2, 0.25) is 0 Å². The fraction of sp³-hybridized carbons (Fsp3) is 0.375. The van der Waals surface area contributed by atoms with Gasteiger partial charge in [-0.1, -0.05) is 20.8 Å². The predicted octanol–water partition coefficient (Wildman–Crippen LogP) is 4.20. The quantitative estimate of drug-likeness (QED) is 0.824. The molecule has 0 amide bonds. The summed E-state index contributed by atoms with van der Waals surface area (Å²) in [6, 6.07) is 7.38. The van der Waals surface area contributed by atoms with Crippen LogP contribution in [0.15, 0.2) is 30.5 Å². The van der Waals surface area contributed by atoms with Crippen LogP contribution in [-0.2, 0) is 0 Å². The average Bonchev–Trinajstić information content (AvgIpc) is 2.38. The van der Waals surface area contributed by atoms with Crippen molar-refractivity contribution in [2.75, 3.05) is 0 Å². The molecule has 0 aliphatic rings. The lowest BCUT2D eigenvalue weighted by atomic mass is 9.95. The predicted molar refractivity (Wildman–Crippen MR) is 74.8 cm³/mol. The van der Waals surface area contributed by atoms with E-state index in [4.69, 9.17) is 0 Å². The van der Waals surface area contributed by atoms with Crippen LogP contribution in [0.1, 0.15) is 55.3 Å². The fourth-order valence-corrected chi connectivity index (χ4v) is 2.08. The standard InChI is InChI=1S/C16H19FN2/c1-10(2)16-8-13(7-11(3)19-16)12(4)15-6-5-14(17)9-18-15/h5-10,12H,1-4H3. The van der Waals surface area contributed by atoms with E-state index < -0.39 is 0 Å². The molecule has 0 fully saturated rings. The van der Waals surface area contributed by atoms with Crippen LogP contribution in [0.4, 0.5) is 4.39 Å². The van der Waals surface area contributed by atoms with Crippen LogP contribution >= 0.6 is 0 Å². The van der Waals surface area contributed by atoms with Gasteiger partial charge in [0.2, 0.25) is 0 Å². The number of halogens is 1. The van der Waals surface area contributed by atoms with E-state index in [-0.39, 0.29) is 11.7 Å². The second-order valence-electron chi connectivity index (χ2n) is 5.24. The van der Waals surface area contributed by atoms with E-state index in [1.165, 1.54) is 17.8 Å². The molecule has 100 valence electrons. The van der Waals surface area contributed by atoms with E-state index >= 15 is 0 Å². The minimum Gasteiger partial charge on any atom is -0.258 e. The summed E-state index contributed by atoms with van der Waals surface area (Å²) in [5, 5.41) is 0. The van der Waals surface area contributed by atoms with Crippen molar-refractivity contribution in [3.63, 3.8) is 0 Å². The van der Waals surface area contributed by atoms with Crippen molar-refractivity contribution in [2.24, 2.45) is 0 Å². The van der Waals surface area contributed by atoms with Gasteiger partial charge in [0.25, 0.3) is 0 Å². The Bertz CT molecular complexity index is 561. The molecule has 0 saturated carbocycles. The van der Waals surface area contributed by atoms with Gasteiger partial charge in [-0.3, -0.25) is 9.97 Å². The first-order chi connectivity index (χ1) is 8.97. The number of aromatic nitrogens is 2. The second-order valence-corrected chi connectivity index (χ2v) is 5.24. The van der Waals surface area contributed by atoms with Gasteiger partial charge in [-0.05, 0) is 42.7 Å². The SMILES string of the molecule is Cc1cc(C(C)c2ccc(F)cn2)cc(C(C)C)n1. The Kier molecular flexibility index (Phi) is 3.93. The third-order valence-electron chi connectivity index (χ3n) is 3.28. The Labute approximate surface area is 113 Å². The first-order valence-corrected chi connectivity index (χ1v) is 6.57. The maximum atomic E-state index is 12.9. The molecule has 0 aliphatic carbocycles. The van der Waals surface area contributed by atoms with Crippen molar-refractivity contribution in [1.82, 2.24) is 9.97 Å². The fourth-order valence-electron chi connectivity index (χ4n) is 2.08. The zero-order valence-electron chi connectivity index (χ0n) is 11.8. The molecule has 2 aromatic heterocycles. The molecule has 19 heavy (non-hydrogen) atoms. The lowest BCUT2D eigenvalue weighted by Crippen LogP contribution is -2.03. The van der Waals surface area contributed by atoms with Gasteiger partial charge in [-0.15, -0.1) is 0 Å². The number of rotatable bonds is 3. The van der Waals surface area contributed by atoms with Crippen LogP contribution in [0.3, 0.4) is 0 Å². The highest BCUT2D eigenvalue weighted by Crippen LogP contribution is 2.25. The molecule has 2 heterocycles. The minimum absolute atomic E-state index is 0.139. The summed E-state index contributed by atoms with van der Waals surface area (Å²) in [6.45, 7) is 8.35. The first kappa shape index (κ1) is 13.7. The average molecular weight is 258 g/mol. The van der Waals surface area contributed by atoms with Crippen molar-refractivity contribution in [3.05, 3.63) is 58.9 Å². The molecule has 0 saturated heterocycles. The van der Waals surface area contributed by atoms with Gasteiger partial charge in [0, 0.05) is 23.0 Å². The molecule has 1 atom stereocenters. The number of nitrogens with zero attached hydrogens (tertiary/aromatic N) is 2. The van der Waals surface area contributed by atoms with E-state index in [0.29, 0.717) is 5.92 Å². The van der Waals surface area contributed by atoms with E-state index in [1.807, 2.05) is 6.92 Å². The summed E-state index contributed by atoms with van der Waals surface area (Å²) in [5.74, 6) is 0.233. The minimum atomic E-state index is -0.301. The molecule has 0 radical (unpaired) electrons. The van der Waals surface area contributed by atoms with Gasteiger partial charge in [-0.2, -0.15) is 0 Å². The van der Waals surface area contributed by atoms with Gasteiger partial charge < -0.3 is 0 Å². The van der Waals surface area contributed by atoms with Crippen molar-refractivity contribution >= 4 is 0 Å². The Hall–Kier alpha value is -1.77. The highest BCUT2D eigenvalue weighted by molar-refractivity contribution is 5.31. The Balaban J connectivity index is 2.38. The Morgan fingerprint density at radius 3 is 2.37 bits per heavy atom. The van der Waals surface area contributed by atoms with Crippen molar-refractivity contribution in [3.8, 4) is 0 Å². The molecule has 0 aliphatic heterocycles. The maximum absolute atomic E-state index is 12.9. The molecule has 0 spiro atoms. The molecule has 2 rings (SSSR count). The number of aryl methyl sites for hydroxylation is 1. The second kappa shape index (κ2) is 5.47. The zero-order valence-corrected chi connectivity index (χ0v) is 11.8. The topological polar surface area (TPSA) is 25.8 Å². The molecule has 2 nitrogen and oxygen atoms in total. The lowest BCUT2D eigenvalue weighted by molar-refractivity contribution is 0.618. The van der Waals surface area contributed by atoms with E-state index in [9.17, 15) is 4.39 Å². The van der Waals surface area contributed by atoms with Crippen LogP contribution in [-0.4, -0.2) is 9.97 Å². The summed E-state index contributed by atoms with van der Waals surface area (Å²) in [5.41, 5.74) is 4.15. The van der Waals surface area contributed by atoms with Gasteiger partial charge >= 0.3 is 0 Å². The molecule has 3 heteroatoms. The summed E-state index contributed by atoms with van der Waals surface area (Å²) in [6.07, 6.45) is 1.27. The summed E-state index contributed by atoms with van der Waals surface area (Å²) in [4.78, 5) is 8.71. The van der Waals surface area contributed by atoms with Gasteiger partial charge in [-0.25, -0.2) is 4.39 Å². The molecular formula is C16H19FN2. The van der Waals surface area contributed by atoms with Crippen molar-refractivity contribution in [2.45, 2.75) is 39.5 Å². The zero-order chi connectivity index (χ0) is 14.0. The van der Waals surface area contributed by atoms with Crippen LogP contribution in [0, 0.1) is 12.7 Å². The van der Waals surface area contributed by atoms with Crippen LogP contribution < -0.4 is 0 Å². The van der Waals surface area contributed by atoms with Crippen molar-refractivity contribution < 1.29 is 4.39 Å². The van der Waals surface area contributed by atoms with Gasteiger partial charge in [0.1, 0.15) is 5.82 Å². The normalized spacial score (nSPS) is 12.7. The molecule has 0 aromatic carbocycles. The van der Waals surface area contributed by atoms with Crippen molar-refractivity contribution in [1.29, 1.82) is 0 Å². The molecule has 0 bridgehead atoms. The van der Waals surface area contributed by atoms with Crippen LogP contribution in [0.5, 0.6) is 0 Å². The molecule has 1 unspecified atom stereocenters. The smallest absolute Gasteiger partial charge is 0.141 e.